The van der Waals surface area contributed by atoms with Crippen LogP contribution in [0, 0.1) is 5.41 Å². The minimum Gasteiger partial charge on any atom is -0.469 e. The second kappa shape index (κ2) is 7.98. The molecule has 0 aliphatic rings. The van der Waals surface area contributed by atoms with Crippen molar-refractivity contribution in [2.45, 2.75) is 53.0 Å². The molecule has 0 saturated carbocycles. The Labute approximate surface area is 123 Å². The Kier molecular flexibility index (Phi) is 6.62. The molecule has 0 radical (unpaired) electrons. The van der Waals surface area contributed by atoms with Gasteiger partial charge in [0.1, 0.15) is 5.76 Å². The Morgan fingerprint density at radius 2 is 2.15 bits per heavy atom. The predicted octanol–water partition coefficient (Wildman–Crippen LogP) is 3.20. The summed E-state index contributed by atoms with van der Waals surface area (Å²) in [6.45, 7) is 9.84. The lowest BCUT2D eigenvalue weighted by atomic mass is 9.89. The molecule has 4 heteroatoms. The highest BCUT2D eigenvalue weighted by atomic mass is 16.3. The van der Waals surface area contributed by atoms with Gasteiger partial charge in [0.2, 0.25) is 0 Å². The smallest absolute Gasteiger partial charge is 0.191 e. The maximum Gasteiger partial charge on any atom is 0.191 e. The molecular formula is C16H29N3O. The third kappa shape index (κ3) is 7.22. The number of hydrogen-bond acceptors (Lipinski definition) is 2. The number of nitrogens with zero attached hydrogens (tertiary/aromatic N) is 1. The second-order valence-electron chi connectivity index (χ2n) is 6.47. The van der Waals surface area contributed by atoms with Crippen molar-refractivity contribution in [2.24, 2.45) is 10.4 Å². The predicted molar refractivity (Wildman–Crippen MR) is 85.1 cm³/mol. The van der Waals surface area contributed by atoms with E-state index >= 15 is 0 Å². The first-order chi connectivity index (χ1) is 9.40. The molecule has 0 aliphatic carbocycles. The van der Waals surface area contributed by atoms with Crippen molar-refractivity contribution in [3.8, 4) is 0 Å². The fourth-order valence-electron chi connectivity index (χ4n) is 1.91. The maximum atomic E-state index is 5.31. The van der Waals surface area contributed by atoms with Crippen molar-refractivity contribution in [1.29, 1.82) is 0 Å². The summed E-state index contributed by atoms with van der Waals surface area (Å²) in [5, 5.41) is 6.74. The summed E-state index contributed by atoms with van der Waals surface area (Å²) in [5.41, 5.74) is 0.381. The molecule has 0 spiro atoms. The van der Waals surface area contributed by atoms with E-state index in [0.29, 0.717) is 11.5 Å². The van der Waals surface area contributed by atoms with E-state index in [-0.39, 0.29) is 0 Å². The normalized spacial score (nSPS) is 14.2. The van der Waals surface area contributed by atoms with Crippen LogP contribution in [0.5, 0.6) is 0 Å². The van der Waals surface area contributed by atoms with Crippen LogP contribution in [0.2, 0.25) is 0 Å². The number of hydrogen-bond donors (Lipinski definition) is 2. The van der Waals surface area contributed by atoms with Crippen LogP contribution in [0.4, 0.5) is 0 Å². The molecule has 0 fully saturated rings. The van der Waals surface area contributed by atoms with E-state index in [1.54, 1.807) is 13.3 Å². The summed E-state index contributed by atoms with van der Waals surface area (Å²) in [6.07, 6.45) is 4.91. The highest BCUT2D eigenvalue weighted by Crippen LogP contribution is 2.21. The summed E-state index contributed by atoms with van der Waals surface area (Å²) in [6, 6.07) is 4.32. The van der Waals surface area contributed by atoms with Gasteiger partial charge in [0, 0.05) is 26.1 Å². The van der Waals surface area contributed by atoms with Gasteiger partial charge in [-0.2, -0.15) is 0 Å². The lowest BCUT2D eigenvalue weighted by Crippen LogP contribution is -2.43. The van der Waals surface area contributed by atoms with E-state index in [1.165, 1.54) is 6.42 Å². The van der Waals surface area contributed by atoms with Gasteiger partial charge in [-0.25, -0.2) is 0 Å². The number of furan rings is 1. The van der Waals surface area contributed by atoms with Gasteiger partial charge >= 0.3 is 0 Å². The number of aliphatic imine (C=N–C) groups is 1. The molecule has 0 bridgehead atoms. The molecule has 1 unspecified atom stereocenters. The molecule has 1 atom stereocenters. The average molecular weight is 279 g/mol. The highest BCUT2D eigenvalue weighted by molar-refractivity contribution is 5.79. The number of guanidine groups is 1. The molecule has 0 aromatic carbocycles. The van der Waals surface area contributed by atoms with Crippen LogP contribution in [0.15, 0.2) is 27.8 Å². The molecule has 2 N–H and O–H groups in total. The van der Waals surface area contributed by atoms with Gasteiger partial charge in [-0.3, -0.25) is 4.99 Å². The second-order valence-corrected chi connectivity index (χ2v) is 6.47. The average Bonchev–Trinajstić information content (AvgIpc) is 2.87. The van der Waals surface area contributed by atoms with Crippen molar-refractivity contribution in [3.63, 3.8) is 0 Å². The van der Waals surface area contributed by atoms with Crippen LogP contribution >= 0.6 is 0 Å². The topological polar surface area (TPSA) is 49.6 Å². The van der Waals surface area contributed by atoms with Gasteiger partial charge in [0.15, 0.2) is 5.96 Å². The highest BCUT2D eigenvalue weighted by Gasteiger charge is 2.13. The van der Waals surface area contributed by atoms with Gasteiger partial charge in [-0.05, 0) is 37.3 Å². The minimum absolute atomic E-state index is 0.381. The molecule has 20 heavy (non-hydrogen) atoms. The van der Waals surface area contributed by atoms with Crippen molar-refractivity contribution < 1.29 is 4.42 Å². The number of rotatable bonds is 6. The Hall–Kier alpha value is -1.45. The summed E-state index contributed by atoms with van der Waals surface area (Å²) in [7, 11) is 1.80. The zero-order valence-corrected chi connectivity index (χ0v) is 13.5. The van der Waals surface area contributed by atoms with E-state index < -0.39 is 0 Å². The molecule has 0 amide bonds. The molecule has 114 valence electrons. The molecule has 0 saturated heterocycles. The summed E-state index contributed by atoms with van der Waals surface area (Å²) >= 11 is 0. The van der Waals surface area contributed by atoms with Crippen LogP contribution in [0.1, 0.15) is 46.3 Å². The van der Waals surface area contributed by atoms with E-state index in [4.69, 9.17) is 4.42 Å². The van der Waals surface area contributed by atoms with Gasteiger partial charge in [0.05, 0.1) is 6.26 Å². The van der Waals surface area contributed by atoms with Crippen molar-refractivity contribution in [1.82, 2.24) is 10.6 Å². The lowest BCUT2D eigenvalue weighted by molar-refractivity contribution is 0.346. The van der Waals surface area contributed by atoms with Crippen LogP contribution < -0.4 is 10.6 Å². The van der Waals surface area contributed by atoms with Gasteiger partial charge in [0.25, 0.3) is 0 Å². The monoisotopic (exact) mass is 279 g/mol. The van der Waals surface area contributed by atoms with Gasteiger partial charge in [-0.1, -0.05) is 20.8 Å². The zero-order valence-electron chi connectivity index (χ0n) is 13.5. The van der Waals surface area contributed by atoms with E-state index in [0.717, 1.165) is 31.1 Å². The van der Waals surface area contributed by atoms with Gasteiger partial charge < -0.3 is 15.1 Å². The van der Waals surface area contributed by atoms with Crippen LogP contribution in [-0.4, -0.2) is 25.6 Å². The molecular weight excluding hydrogens is 250 g/mol. The molecule has 1 aromatic rings. The SMILES string of the molecule is CN=C(NCCc1ccco1)NC(C)CCC(C)(C)C. The first-order valence-electron chi connectivity index (χ1n) is 7.40. The van der Waals surface area contributed by atoms with Gasteiger partial charge in [-0.15, -0.1) is 0 Å². The Morgan fingerprint density at radius 3 is 2.70 bits per heavy atom. The van der Waals surface area contributed by atoms with Crippen LogP contribution in [-0.2, 0) is 6.42 Å². The number of nitrogens with one attached hydrogen (secondary N) is 2. The standard InChI is InChI=1S/C16H29N3O/c1-13(8-10-16(2,3)4)19-15(17-5)18-11-9-14-7-6-12-20-14/h6-7,12-13H,8-11H2,1-5H3,(H2,17,18,19). The third-order valence-corrected chi connectivity index (χ3v) is 3.18. The quantitative estimate of drug-likeness (QED) is 0.621. The van der Waals surface area contributed by atoms with E-state index in [1.807, 2.05) is 12.1 Å². The molecule has 1 rings (SSSR count). The minimum atomic E-state index is 0.381. The lowest BCUT2D eigenvalue weighted by Gasteiger charge is -2.23. The fourth-order valence-corrected chi connectivity index (χ4v) is 1.91. The van der Waals surface area contributed by atoms with Crippen molar-refractivity contribution >= 4 is 5.96 Å². The van der Waals surface area contributed by atoms with Crippen molar-refractivity contribution in [3.05, 3.63) is 24.2 Å². The maximum absolute atomic E-state index is 5.31. The molecule has 1 heterocycles. The Balaban J connectivity index is 2.25. The summed E-state index contributed by atoms with van der Waals surface area (Å²) in [4.78, 5) is 4.26. The first kappa shape index (κ1) is 16.6. The third-order valence-electron chi connectivity index (χ3n) is 3.18. The molecule has 4 nitrogen and oxygen atoms in total. The zero-order chi connectivity index (χ0) is 15.0. The Morgan fingerprint density at radius 1 is 1.40 bits per heavy atom. The van der Waals surface area contributed by atoms with Crippen LogP contribution in [0.3, 0.4) is 0 Å². The summed E-state index contributed by atoms with van der Waals surface area (Å²) < 4.78 is 5.31. The molecule has 1 aromatic heterocycles. The van der Waals surface area contributed by atoms with E-state index in [2.05, 4.69) is 43.3 Å². The van der Waals surface area contributed by atoms with E-state index in [9.17, 15) is 0 Å². The first-order valence-corrected chi connectivity index (χ1v) is 7.40. The molecule has 0 aliphatic heterocycles. The fraction of sp³-hybridized carbons (Fsp3) is 0.688. The van der Waals surface area contributed by atoms with Crippen molar-refractivity contribution in [2.75, 3.05) is 13.6 Å². The Bertz CT molecular complexity index is 390. The summed E-state index contributed by atoms with van der Waals surface area (Å²) in [5.74, 6) is 1.85. The van der Waals surface area contributed by atoms with Crippen LogP contribution in [0.25, 0.3) is 0 Å². The largest absolute Gasteiger partial charge is 0.469 e.